The molecule has 26 heavy (non-hydrogen) atoms. The molecule has 1 heterocycles. The van der Waals surface area contributed by atoms with Crippen molar-refractivity contribution in [2.45, 2.75) is 16.2 Å². The molecule has 0 aromatic heterocycles. The maximum Gasteiger partial charge on any atom is 0.239 e. The van der Waals surface area contributed by atoms with Gasteiger partial charge < -0.3 is 21.5 Å². The van der Waals surface area contributed by atoms with Crippen molar-refractivity contribution in [3.05, 3.63) is 47.5 Å². The molecule has 0 radical (unpaired) electrons. The SMILES string of the molecule is C[N+](C)(C)CCCS(=O)(=O)N1c2ccccc2Sc2ccc(Cl)cc21.[Br-]. The second-order valence-corrected chi connectivity index (χ2v) is 10.6. The molecule has 0 bridgehead atoms. The van der Waals surface area contributed by atoms with Crippen LogP contribution in [-0.4, -0.2) is 46.3 Å². The average molecular weight is 478 g/mol. The summed E-state index contributed by atoms with van der Waals surface area (Å²) in [7, 11) is 2.69. The van der Waals surface area contributed by atoms with Crippen LogP contribution in [0.5, 0.6) is 0 Å². The molecule has 0 atom stereocenters. The Morgan fingerprint density at radius 3 is 2.38 bits per heavy atom. The van der Waals surface area contributed by atoms with Crippen molar-refractivity contribution in [3.63, 3.8) is 0 Å². The summed E-state index contributed by atoms with van der Waals surface area (Å²) >= 11 is 7.72. The van der Waals surface area contributed by atoms with Crippen LogP contribution >= 0.6 is 23.4 Å². The minimum atomic E-state index is -3.50. The molecule has 0 saturated carbocycles. The van der Waals surface area contributed by atoms with Gasteiger partial charge in [-0.25, -0.2) is 12.7 Å². The molecule has 0 N–H and O–H groups in total. The van der Waals surface area contributed by atoms with Crippen LogP contribution in [0.15, 0.2) is 52.3 Å². The third-order valence-electron chi connectivity index (χ3n) is 3.95. The summed E-state index contributed by atoms with van der Waals surface area (Å²) in [6.45, 7) is 0.797. The van der Waals surface area contributed by atoms with Gasteiger partial charge in [-0.2, -0.15) is 0 Å². The Balaban J connectivity index is 0.00000243. The first-order valence-corrected chi connectivity index (χ1v) is 10.9. The zero-order valence-electron chi connectivity index (χ0n) is 14.9. The van der Waals surface area contributed by atoms with E-state index in [4.69, 9.17) is 11.6 Å². The summed E-state index contributed by atoms with van der Waals surface area (Å²) in [5.74, 6) is 0.105. The molecule has 0 unspecified atom stereocenters. The van der Waals surface area contributed by atoms with Gasteiger partial charge in [0.15, 0.2) is 0 Å². The maximum absolute atomic E-state index is 13.2. The van der Waals surface area contributed by atoms with Crippen molar-refractivity contribution in [1.29, 1.82) is 0 Å². The Morgan fingerprint density at radius 1 is 1.04 bits per heavy atom. The lowest BCUT2D eigenvalue weighted by atomic mass is 10.2. The Morgan fingerprint density at radius 2 is 1.69 bits per heavy atom. The van der Waals surface area contributed by atoms with Crippen LogP contribution in [0.25, 0.3) is 0 Å². The Labute approximate surface area is 175 Å². The number of anilines is 2. The normalized spacial score (nSPS) is 13.6. The highest BCUT2D eigenvalue weighted by Gasteiger charge is 2.32. The van der Waals surface area contributed by atoms with Gasteiger partial charge in [-0.05, 0) is 30.3 Å². The summed E-state index contributed by atoms with van der Waals surface area (Å²) < 4.78 is 28.6. The van der Waals surface area contributed by atoms with Gasteiger partial charge in [-0.15, -0.1) is 0 Å². The van der Waals surface area contributed by atoms with Crippen molar-refractivity contribution >= 4 is 44.8 Å². The van der Waals surface area contributed by atoms with Crippen molar-refractivity contribution in [3.8, 4) is 0 Å². The van der Waals surface area contributed by atoms with Crippen molar-refractivity contribution in [1.82, 2.24) is 0 Å². The number of halogens is 2. The molecule has 2 aromatic carbocycles. The van der Waals surface area contributed by atoms with Crippen molar-refractivity contribution in [2.24, 2.45) is 0 Å². The summed E-state index contributed by atoms with van der Waals surface area (Å²) in [4.78, 5) is 1.84. The lowest BCUT2D eigenvalue weighted by Gasteiger charge is -2.32. The zero-order valence-corrected chi connectivity index (χ0v) is 18.9. The minimum Gasteiger partial charge on any atom is -1.00 e. The first-order chi connectivity index (χ1) is 11.7. The van der Waals surface area contributed by atoms with Crippen LogP contribution in [0, 0.1) is 0 Å². The molecule has 0 amide bonds. The highest BCUT2D eigenvalue weighted by Crippen LogP contribution is 2.50. The smallest absolute Gasteiger partial charge is 0.239 e. The van der Waals surface area contributed by atoms with Gasteiger partial charge in [0, 0.05) is 21.2 Å². The molecule has 0 saturated heterocycles. The molecule has 3 rings (SSSR count). The van der Waals surface area contributed by atoms with Crippen LogP contribution in [0.3, 0.4) is 0 Å². The molecule has 0 spiro atoms. The van der Waals surface area contributed by atoms with Gasteiger partial charge in [-0.1, -0.05) is 35.5 Å². The Bertz CT molecular complexity index is 898. The number of sulfonamides is 1. The summed E-state index contributed by atoms with van der Waals surface area (Å²) in [6.07, 6.45) is 0.605. The number of benzene rings is 2. The zero-order chi connectivity index (χ0) is 18.2. The Hall–Kier alpha value is -0.730. The van der Waals surface area contributed by atoms with Gasteiger partial charge in [0.25, 0.3) is 0 Å². The fraction of sp³-hybridized carbons (Fsp3) is 0.333. The Kier molecular flexibility index (Phi) is 6.72. The van der Waals surface area contributed by atoms with E-state index in [1.54, 1.807) is 23.9 Å². The van der Waals surface area contributed by atoms with Crippen LogP contribution in [0.1, 0.15) is 6.42 Å². The third kappa shape index (κ3) is 4.75. The lowest BCUT2D eigenvalue weighted by molar-refractivity contribution is -0.870. The first-order valence-electron chi connectivity index (χ1n) is 8.07. The van der Waals surface area contributed by atoms with E-state index in [1.165, 1.54) is 4.31 Å². The molecule has 0 fully saturated rings. The van der Waals surface area contributed by atoms with Gasteiger partial charge in [-0.3, -0.25) is 0 Å². The molecule has 2 aromatic rings. The summed E-state index contributed by atoms with van der Waals surface area (Å²) in [6, 6.07) is 13.0. The number of rotatable bonds is 5. The van der Waals surface area contributed by atoms with Crippen LogP contribution in [0.4, 0.5) is 11.4 Å². The van der Waals surface area contributed by atoms with Crippen LogP contribution < -0.4 is 21.3 Å². The minimum absolute atomic E-state index is 0. The highest BCUT2D eigenvalue weighted by molar-refractivity contribution is 8.00. The van der Waals surface area contributed by atoms with Gasteiger partial charge >= 0.3 is 0 Å². The third-order valence-corrected chi connectivity index (χ3v) is 7.07. The number of hydrogen-bond donors (Lipinski definition) is 0. The number of hydrogen-bond acceptors (Lipinski definition) is 3. The topological polar surface area (TPSA) is 37.4 Å². The predicted molar refractivity (Wildman–Crippen MR) is 105 cm³/mol. The molecule has 0 aliphatic carbocycles. The van der Waals surface area contributed by atoms with Crippen LogP contribution in [-0.2, 0) is 10.0 Å². The van der Waals surface area contributed by atoms with Crippen molar-refractivity contribution in [2.75, 3.05) is 37.7 Å². The second-order valence-electron chi connectivity index (χ2n) is 7.13. The lowest BCUT2D eigenvalue weighted by Crippen LogP contribution is -3.00. The summed E-state index contributed by atoms with van der Waals surface area (Å²) in [5, 5.41) is 0.533. The van der Waals surface area contributed by atoms with E-state index in [2.05, 4.69) is 21.1 Å². The van der Waals surface area contributed by atoms with Gasteiger partial charge in [0.2, 0.25) is 10.0 Å². The van der Waals surface area contributed by atoms with E-state index in [0.717, 1.165) is 20.8 Å². The molecule has 1 aliphatic heterocycles. The van der Waals surface area contributed by atoms with Gasteiger partial charge in [0.1, 0.15) is 0 Å². The molecule has 142 valence electrons. The number of para-hydroxylation sites is 1. The number of fused-ring (bicyclic) bond motifs is 2. The van der Waals surface area contributed by atoms with Crippen molar-refractivity contribution < 1.29 is 29.9 Å². The summed E-state index contributed by atoms with van der Waals surface area (Å²) in [5.41, 5.74) is 1.34. The monoisotopic (exact) mass is 476 g/mol. The number of nitrogens with zero attached hydrogens (tertiary/aromatic N) is 2. The largest absolute Gasteiger partial charge is 1.00 e. The van der Waals surface area contributed by atoms with E-state index < -0.39 is 10.0 Å². The molecular formula is C18H22BrClN2O2S2. The second kappa shape index (κ2) is 8.10. The van der Waals surface area contributed by atoms with E-state index in [9.17, 15) is 8.42 Å². The van der Waals surface area contributed by atoms with Gasteiger partial charge in [0.05, 0.1) is 44.8 Å². The predicted octanol–water partition coefficient (Wildman–Crippen LogP) is 1.37. The van der Waals surface area contributed by atoms with E-state index >= 15 is 0 Å². The highest BCUT2D eigenvalue weighted by atomic mass is 79.9. The fourth-order valence-electron chi connectivity index (χ4n) is 2.81. The molecule has 4 nitrogen and oxygen atoms in total. The van der Waals surface area contributed by atoms with E-state index in [1.807, 2.05) is 30.3 Å². The molecule has 8 heteroatoms. The molecule has 1 aliphatic rings. The first kappa shape index (κ1) is 21.6. The van der Waals surface area contributed by atoms with E-state index in [0.29, 0.717) is 22.8 Å². The number of quaternary nitrogens is 1. The average Bonchev–Trinajstić information content (AvgIpc) is 2.51. The standard InChI is InChI=1S/C18H22ClN2O2S2.BrH/c1-21(2,3)11-6-12-25(22,23)20-15-7-4-5-8-17(15)24-18-10-9-14(19)13-16(18)20;/h4-5,7-10,13H,6,11-12H2,1-3H3;1H/q+1;/p-1. The van der Waals surface area contributed by atoms with Crippen LogP contribution in [0.2, 0.25) is 5.02 Å². The van der Waals surface area contributed by atoms with E-state index in [-0.39, 0.29) is 22.7 Å². The fourth-order valence-corrected chi connectivity index (χ4v) is 5.71. The quantitative estimate of drug-likeness (QED) is 0.611. The molecular weight excluding hydrogens is 456 g/mol. The maximum atomic E-state index is 13.2.